The molecule has 0 aliphatic heterocycles. The number of halogens is 1. The van der Waals surface area contributed by atoms with Crippen molar-refractivity contribution in [2.45, 2.75) is 32.7 Å². The first-order chi connectivity index (χ1) is 12.5. The molecule has 0 spiro atoms. The minimum atomic E-state index is -0.0514. The molecule has 0 N–H and O–H groups in total. The van der Waals surface area contributed by atoms with Gasteiger partial charge in [0.2, 0.25) is 0 Å². The van der Waals surface area contributed by atoms with E-state index in [0.29, 0.717) is 18.2 Å². The summed E-state index contributed by atoms with van der Waals surface area (Å²) in [5.41, 5.74) is 1.94. The van der Waals surface area contributed by atoms with Crippen LogP contribution in [0.15, 0.2) is 54.3 Å². The van der Waals surface area contributed by atoms with Crippen LogP contribution in [0.5, 0.6) is 0 Å². The van der Waals surface area contributed by atoms with Crippen LogP contribution in [0.1, 0.15) is 24.6 Å². The summed E-state index contributed by atoms with van der Waals surface area (Å²) in [5, 5.41) is 6.80. The van der Waals surface area contributed by atoms with Gasteiger partial charge in [-0.25, -0.2) is 0 Å². The van der Waals surface area contributed by atoms with Crippen molar-refractivity contribution in [1.82, 2.24) is 9.78 Å². The Morgan fingerprint density at radius 3 is 2.81 bits per heavy atom. The summed E-state index contributed by atoms with van der Waals surface area (Å²) in [6.45, 7) is 6.78. The van der Waals surface area contributed by atoms with Crippen LogP contribution in [0.25, 0.3) is 11.6 Å². The summed E-state index contributed by atoms with van der Waals surface area (Å²) in [6, 6.07) is 10.1. The third kappa shape index (κ3) is 4.45. The van der Waals surface area contributed by atoms with Crippen molar-refractivity contribution in [3.8, 4) is 0 Å². The first-order valence-corrected chi connectivity index (χ1v) is 8.96. The number of hydrogen-bond acceptors (Lipinski definition) is 3. The summed E-state index contributed by atoms with van der Waals surface area (Å²) >= 11 is 6.20. The minimum Gasteiger partial charge on any atom is -0.489 e. The van der Waals surface area contributed by atoms with Crippen LogP contribution in [0, 0.1) is 0 Å². The highest BCUT2D eigenvalue weighted by Gasteiger charge is 2.13. The van der Waals surface area contributed by atoms with Crippen molar-refractivity contribution < 1.29 is 9.47 Å². The highest BCUT2D eigenvalue weighted by molar-refractivity contribution is 6.44. The van der Waals surface area contributed by atoms with E-state index in [1.54, 1.807) is 4.68 Å². The van der Waals surface area contributed by atoms with Crippen molar-refractivity contribution in [2.24, 2.45) is 7.05 Å². The maximum Gasteiger partial charge on any atom is 0.118 e. The molecular formula is C21H23ClN2O2. The highest BCUT2D eigenvalue weighted by atomic mass is 35.5. The fourth-order valence-corrected chi connectivity index (χ4v) is 3.10. The lowest BCUT2D eigenvalue weighted by Crippen LogP contribution is -2.29. The van der Waals surface area contributed by atoms with Crippen molar-refractivity contribution >= 4 is 23.2 Å². The molecule has 1 aromatic heterocycles. The monoisotopic (exact) mass is 370 g/mol. The van der Waals surface area contributed by atoms with Gasteiger partial charge in [-0.1, -0.05) is 54.6 Å². The third-order valence-corrected chi connectivity index (χ3v) is 4.46. The topological polar surface area (TPSA) is 36.3 Å². The summed E-state index contributed by atoms with van der Waals surface area (Å²) < 4.78 is 13.6. The zero-order chi connectivity index (χ0) is 18.5. The zero-order valence-electron chi connectivity index (χ0n) is 15.1. The van der Waals surface area contributed by atoms with Gasteiger partial charge in [0.1, 0.15) is 12.4 Å². The molecule has 1 atom stereocenters. The van der Waals surface area contributed by atoms with E-state index in [9.17, 15) is 0 Å². The molecular weight excluding hydrogens is 348 g/mol. The molecule has 3 rings (SSSR count). The van der Waals surface area contributed by atoms with E-state index in [1.807, 2.05) is 56.5 Å². The number of allylic oxidation sites excluding steroid dienone is 1. The molecule has 2 aromatic rings. The Labute approximate surface area is 158 Å². The van der Waals surface area contributed by atoms with Crippen LogP contribution in [0.3, 0.4) is 0 Å². The van der Waals surface area contributed by atoms with Gasteiger partial charge in [0.15, 0.2) is 0 Å². The van der Waals surface area contributed by atoms with E-state index in [-0.39, 0.29) is 6.10 Å². The van der Waals surface area contributed by atoms with Crippen molar-refractivity contribution in [3.63, 3.8) is 0 Å². The van der Waals surface area contributed by atoms with Crippen molar-refractivity contribution in [1.29, 1.82) is 0 Å². The van der Waals surface area contributed by atoms with Gasteiger partial charge < -0.3 is 9.47 Å². The Balaban J connectivity index is 1.63. The molecule has 136 valence electrons. The molecule has 26 heavy (non-hydrogen) atoms. The normalized spacial score (nSPS) is 17.8. The first-order valence-electron chi connectivity index (χ1n) is 8.58. The van der Waals surface area contributed by atoms with Gasteiger partial charge in [-0.2, -0.15) is 5.10 Å². The summed E-state index contributed by atoms with van der Waals surface area (Å²) in [4.78, 5) is 0. The van der Waals surface area contributed by atoms with Crippen LogP contribution in [-0.2, 0) is 29.7 Å². The van der Waals surface area contributed by atoms with Gasteiger partial charge in [0.25, 0.3) is 0 Å². The van der Waals surface area contributed by atoms with Crippen LogP contribution in [0.4, 0.5) is 0 Å². The molecule has 5 heteroatoms. The average Bonchev–Trinajstić information content (AvgIpc) is 2.94. The molecule has 1 aliphatic carbocycles. The molecule has 0 fully saturated rings. The molecule has 4 nitrogen and oxygen atoms in total. The quantitative estimate of drug-likeness (QED) is 0.783. The lowest BCUT2D eigenvalue weighted by atomic mass is 10.1. The van der Waals surface area contributed by atoms with Gasteiger partial charge >= 0.3 is 0 Å². The van der Waals surface area contributed by atoms with E-state index >= 15 is 0 Å². The molecule has 0 saturated carbocycles. The van der Waals surface area contributed by atoms with E-state index in [1.165, 1.54) is 0 Å². The van der Waals surface area contributed by atoms with Crippen LogP contribution < -0.4 is 10.6 Å². The second-order valence-electron chi connectivity index (χ2n) is 6.26. The standard InChI is InChI=1S/C21H23ClN2O2/c1-15(22)21-16(2)24(3)23-20(21)14-26-19-11-7-10-18(12-19)25-13-17-8-5-4-6-9-17/h4-10,12,19H,2,11,13-14H2,1,3H3/b21-15-. The summed E-state index contributed by atoms with van der Waals surface area (Å²) in [6.07, 6.45) is 6.81. The second-order valence-corrected chi connectivity index (χ2v) is 6.82. The smallest absolute Gasteiger partial charge is 0.118 e. The number of ether oxygens (including phenoxy) is 2. The molecule has 1 aliphatic rings. The van der Waals surface area contributed by atoms with Gasteiger partial charge in [-0.05, 0) is 31.1 Å². The Kier molecular flexibility index (Phi) is 5.96. The Morgan fingerprint density at radius 2 is 2.08 bits per heavy atom. The lowest BCUT2D eigenvalue weighted by molar-refractivity contribution is 0.0654. The fraction of sp³-hybridized carbons (Fsp3) is 0.286. The van der Waals surface area contributed by atoms with Gasteiger partial charge in [0.05, 0.1) is 23.8 Å². The third-order valence-electron chi connectivity index (χ3n) is 4.27. The predicted octanol–water partition coefficient (Wildman–Crippen LogP) is 3.14. The molecule has 0 radical (unpaired) electrons. The van der Waals surface area contributed by atoms with Gasteiger partial charge in [0, 0.05) is 17.3 Å². The molecule has 0 saturated heterocycles. The molecule has 1 aromatic carbocycles. The lowest BCUT2D eigenvalue weighted by Gasteiger charge is -2.17. The largest absolute Gasteiger partial charge is 0.489 e. The fourth-order valence-electron chi connectivity index (χ4n) is 2.88. The van der Waals surface area contributed by atoms with E-state index in [4.69, 9.17) is 21.1 Å². The van der Waals surface area contributed by atoms with Crippen molar-refractivity contribution in [2.75, 3.05) is 0 Å². The number of aryl methyl sites for hydroxylation is 1. The van der Waals surface area contributed by atoms with Gasteiger partial charge in [-0.3, -0.25) is 4.68 Å². The van der Waals surface area contributed by atoms with Crippen LogP contribution in [-0.4, -0.2) is 15.9 Å². The number of aromatic nitrogens is 2. The van der Waals surface area contributed by atoms with E-state index < -0.39 is 0 Å². The molecule has 1 heterocycles. The van der Waals surface area contributed by atoms with Crippen LogP contribution in [0.2, 0.25) is 0 Å². The molecule has 0 amide bonds. The maximum absolute atomic E-state index is 6.20. The first kappa shape index (κ1) is 18.5. The predicted molar refractivity (Wildman–Crippen MR) is 105 cm³/mol. The minimum absolute atomic E-state index is 0.0514. The number of hydrogen-bond donors (Lipinski definition) is 0. The van der Waals surface area contributed by atoms with Crippen molar-refractivity contribution in [3.05, 3.63) is 76.1 Å². The van der Waals surface area contributed by atoms with E-state index in [0.717, 1.165) is 34.0 Å². The highest BCUT2D eigenvalue weighted by Crippen LogP contribution is 2.17. The Bertz CT molecular complexity index is 925. The second kappa shape index (κ2) is 8.39. The summed E-state index contributed by atoms with van der Waals surface area (Å²) in [5.74, 6) is 0.823. The Hall–Kier alpha value is -2.30. The SMILES string of the molecule is C=c1/c(=C(\C)Cl)c(COC2C=C(OCc3ccccc3)C=CC2)nn1C. The molecule has 1 unspecified atom stereocenters. The molecule has 0 bridgehead atoms. The van der Waals surface area contributed by atoms with E-state index in [2.05, 4.69) is 17.8 Å². The maximum atomic E-state index is 6.20. The van der Waals surface area contributed by atoms with Crippen LogP contribution >= 0.6 is 11.6 Å². The Morgan fingerprint density at radius 1 is 1.31 bits per heavy atom. The summed E-state index contributed by atoms with van der Waals surface area (Å²) in [7, 11) is 1.86. The zero-order valence-corrected chi connectivity index (χ0v) is 15.9. The number of benzene rings is 1. The number of rotatable bonds is 6. The number of nitrogens with zero attached hydrogens (tertiary/aromatic N) is 2. The van der Waals surface area contributed by atoms with Gasteiger partial charge in [-0.15, -0.1) is 0 Å². The average molecular weight is 371 g/mol.